The van der Waals surface area contributed by atoms with Crippen LogP contribution in [0.1, 0.15) is 32.3 Å². The van der Waals surface area contributed by atoms with E-state index in [0.29, 0.717) is 11.8 Å². The molecule has 0 spiro atoms. The van der Waals surface area contributed by atoms with Gasteiger partial charge >= 0.3 is 0 Å². The Morgan fingerprint density at radius 3 is 2.44 bits per heavy atom. The molecule has 0 unspecified atom stereocenters. The van der Waals surface area contributed by atoms with E-state index >= 15 is 0 Å². The number of benzene rings is 1. The molecule has 1 aromatic rings. The molecule has 2 atom stereocenters. The number of hydrogen-bond donors (Lipinski definition) is 2. The van der Waals surface area contributed by atoms with Crippen molar-refractivity contribution in [1.82, 2.24) is 5.32 Å². The summed E-state index contributed by atoms with van der Waals surface area (Å²) in [6, 6.07) is 8.13. The van der Waals surface area contributed by atoms with Crippen LogP contribution in [-0.4, -0.2) is 19.0 Å². The monoisotopic (exact) mass is 246 g/mol. The first-order chi connectivity index (χ1) is 8.58. The third-order valence-corrected chi connectivity index (χ3v) is 3.70. The van der Waals surface area contributed by atoms with Gasteiger partial charge in [0.1, 0.15) is 0 Å². The third kappa shape index (κ3) is 2.91. The van der Waals surface area contributed by atoms with Crippen LogP contribution in [0.15, 0.2) is 24.3 Å². The summed E-state index contributed by atoms with van der Waals surface area (Å²) in [4.78, 5) is 12.1. The van der Waals surface area contributed by atoms with Crippen molar-refractivity contribution >= 4 is 11.6 Å². The van der Waals surface area contributed by atoms with Crippen LogP contribution in [-0.2, 0) is 4.79 Å². The molecule has 1 amide bonds. The van der Waals surface area contributed by atoms with Crippen molar-refractivity contribution in [2.75, 3.05) is 18.4 Å². The first kappa shape index (κ1) is 13.1. The predicted molar refractivity (Wildman–Crippen MR) is 74.7 cm³/mol. The van der Waals surface area contributed by atoms with E-state index in [1.807, 2.05) is 12.1 Å². The number of nitrogens with one attached hydrogen (secondary N) is 2. The maximum atomic E-state index is 12.1. The van der Waals surface area contributed by atoms with Gasteiger partial charge in [0.2, 0.25) is 5.91 Å². The van der Waals surface area contributed by atoms with Gasteiger partial charge in [-0.1, -0.05) is 32.9 Å². The van der Waals surface area contributed by atoms with Crippen molar-refractivity contribution in [3.63, 3.8) is 0 Å². The lowest BCUT2D eigenvalue weighted by Gasteiger charge is -2.14. The van der Waals surface area contributed by atoms with E-state index in [9.17, 15) is 4.79 Å². The summed E-state index contributed by atoms with van der Waals surface area (Å²) in [7, 11) is 0. The van der Waals surface area contributed by atoms with E-state index in [2.05, 4.69) is 43.5 Å². The lowest BCUT2D eigenvalue weighted by Crippen LogP contribution is -2.27. The third-order valence-electron chi connectivity index (χ3n) is 3.70. The molecule has 18 heavy (non-hydrogen) atoms. The van der Waals surface area contributed by atoms with E-state index in [-0.39, 0.29) is 11.8 Å². The minimum atomic E-state index is 0.0924. The predicted octanol–water partition coefficient (Wildman–Crippen LogP) is 2.60. The summed E-state index contributed by atoms with van der Waals surface area (Å²) in [5, 5.41) is 6.25. The van der Waals surface area contributed by atoms with Crippen LogP contribution in [0, 0.1) is 11.8 Å². The molecule has 1 saturated heterocycles. The van der Waals surface area contributed by atoms with Gasteiger partial charge in [-0.2, -0.15) is 0 Å². The van der Waals surface area contributed by atoms with Gasteiger partial charge in [0, 0.05) is 12.2 Å². The van der Waals surface area contributed by atoms with E-state index in [1.54, 1.807) is 0 Å². The van der Waals surface area contributed by atoms with Gasteiger partial charge in [-0.25, -0.2) is 0 Å². The molecule has 2 N–H and O–H groups in total. The number of rotatable bonds is 3. The Morgan fingerprint density at radius 2 is 1.94 bits per heavy atom. The second kappa shape index (κ2) is 5.53. The van der Waals surface area contributed by atoms with Crippen LogP contribution >= 0.6 is 0 Å². The molecule has 3 heteroatoms. The fourth-order valence-electron chi connectivity index (χ4n) is 2.35. The summed E-state index contributed by atoms with van der Waals surface area (Å²) >= 11 is 0. The van der Waals surface area contributed by atoms with Crippen molar-refractivity contribution in [3.8, 4) is 0 Å². The molecule has 1 fully saturated rings. The molecule has 0 saturated carbocycles. The highest BCUT2D eigenvalue weighted by atomic mass is 16.1. The van der Waals surface area contributed by atoms with E-state index in [1.165, 1.54) is 5.56 Å². The Hall–Kier alpha value is -1.35. The first-order valence-corrected chi connectivity index (χ1v) is 6.69. The van der Waals surface area contributed by atoms with Gasteiger partial charge in [-0.15, -0.1) is 0 Å². The standard InChI is InChI=1S/C15H22N2O/c1-10(2)12-4-6-13(7-5-12)17-15(18)14-9-16-8-11(14)3/h4-7,10-11,14,16H,8-9H2,1-3H3,(H,17,18)/t11-,14-/m1/s1. The summed E-state index contributed by atoms with van der Waals surface area (Å²) in [5.41, 5.74) is 2.19. The van der Waals surface area contributed by atoms with E-state index in [4.69, 9.17) is 0 Å². The molecular weight excluding hydrogens is 224 g/mol. The summed E-state index contributed by atoms with van der Waals surface area (Å²) < 4.78 is 0. The molecule has 0 bridgehead atoms. The molecule has 1 aliphatic rings. The highest BCUT2D eigenvalue weighted by molar-refractivity contribution is 5.93. The van der Waals surface area contributed by atoms with Gasteiger partial charge in [0.15, 0.2) is 0 Å². The van der Waals surface area contributed by atoms with E-state index < -0.39 is 0 Å². The normalized spacial score (nSPS) is 23.3. The maximum absolute atomic E-state index is 12.1. The number of amides is 1. The SMILES string of the molecule is CC(C)c1ccc(NC(=O)[C@@H]2CNC[C@H]2C)cc1. The molecule has 0 radical (unpaired) electrons. The van der Waals surface area contributed by atoms with Gasteiger partial charge < -0.3 is 10.6 Å². The Kier molecular flexibility index (Phi) is 4.02. The molecule has 2 rings (SSSR count). The number of anilines is 1. The second-order valence-electron chi connectivity index (χ2n) is 5.51. The molecule has 3 nitrogen and oxygen atoms in total. The zero-order valence-electron chi connectivity index (χ0n) is 11.4. The summed E-state index contributed by atoms with van der Waals surface area (Å²) in [5.74, 6) is 1.16. The molecule has 1 aromatic carbocycles. The molecule has 1 aliphatic heterocycles. The molecule has 0 aliphatic carbocycles. The van der Waals surface area contributed by atoms with Crippen molar-refractivity contribution in [2.45, 2.75) is 26.7 Å². The van der Waals surface area contributed by atoms with E-state index in [0.717, 1.165) is 18.8 Å². The zero-order valence-corrected chi connectivity index (χ0v) is 11.4. The lowest BCUT2D eigenvalue weighted by atomic mass is 9.97. The van der Waals surface area contributed by atoms with Crippen LogP contribution in [0.25, 0.3) is 0 Å². The fourth-order valence-corrected chi connectivity index (χ4v) is 2.35. The Labute approximate surface area is 109 Å². The Balaban J connectivity index is 1.98. The first-order valence-electron chi connectivity index (χ1n) is 6.69. The number of hydrogen-bond acceptors (Lipinski definition) is 2. The van der Waals surface area contributed by atoms with Gasteiger partial charge in [-0.3, -0.25) is 4.79 Å². The molecule has 0 aromatic heterocycles. The zero-order chi connectivity index (χ0) is 13.1. The number of carbonyl (C=O) groups is 1. The highest BCUT2D eigenvalue weighted by Crippen LogP contribution is 2.20. The van der Waals surface area contributed by atoms with Crippen molar-refractivity contribution in [2.24, 2.45) is 11.8 Å². The van der Waals surface area contributed by atoms with Crippen molar-refractivity contribution < 1.29 is 4.79 Å². The molecule has 98 valence electrons. The van der Waals surface area contributed by atoms with Crippen LogP contribution < -0.4 is 10.6 Å². The lowest BCUT2D eigenvalue weighted by molar-refractivity contribution is -0.120. The molecule has 1 heterocycles. The minimum absolute atomic E-state index is 0.0924. The minimum Gasteiger partial charge on any atom is -0.326 e. The quantitative estimate of drug-likeness (QED) is 0.860. The molecular formula is C15H22N2O. The number of carbonyl (C=O) groups excluding carboxylic acids is 1. The van der Waals surface area contributed by atoms with Crippen LogP contribution in [0.2, 0.25) is 0 Å². The van der Waals surface area contributed by atoms with Crippen LogP contribution in [0.3, 0.4) is 0 Å². The van der Waals surface area contributed by atoms with Crippen LogP contribution in [0.5, 0.6) is 0 Å². The van der Waals surface area contributed by atoms with Gasteiger partial charge in [0.25, 0.3) is 0 Å². The Bertz CT molecular complexity index is 411. The van der Waals surface area contributed by atoms with Crippen molar-refractivity contribution in [1.29, 1.82) is 0 Å². The van der Waals surface area contributed by atoms with Crippen LogP contribution in [0.4, 0.5) is 5.69 Å². The Morgan fingerprint density at radius 1 is 1.28 bits per heavy atom. The summed E-state index contributed by atoms with van der Waals surface area (Å²) in [6.45, 7) is 8.17. The van der Waals surface area contributed by atoms with Crippen molar-refractivity contribution in [3.05, 3.63) is 29.8 Å². The topological polar surface area (TPSA) is 41.1 Å². The fraction of sp³-hybridized carbons (Fsp3) is 0.533. The average molecular weight is 246 g/mol. The highest BCUT2D eigenvalue weighted by Gasteiger charge is 2.29. The maximum Gasteiger partial charge on any atom is 0.229 e. The second-order valence-corrected chi connectivity index (χ2v) is 5.51. The van der Waals surface area contributed by atoms with Gasteiger partial charge in [-0.05, 0) is 36.1 Å². The smallest absolute Gasteiger partial charge is 0.229 e. The average Bonchev–Trinajstić information content (AvgIpc) is 2.76. The summed E-state index contributed by atoms with van der Waals surface area (Å²) in [6.07, 6.45) is 0. The largest absolute Gasteiger partial charge is 0.326 e. The van der Waals surface area contributed by atoms with Gasteiger partial charge in [0.05, 0.1) is 5.92 Å².